The van der Waals surface area contributed by atoms with Gasteiger partial charge in [0.25, 0.3) is 0 Å². The number of thiazole rings is 1. The number of nitrogens with two attached hydrogens (primary N) is 1. The van der Waals surface area contributed by atoms with Crippen molar-refractivity contribution in [1.82, 2.24) is 4.98 Å². The Morgan fingerprint density at radius 1 is 1.12 bits per heavy atom. The van der Waals surface area contributed by atoms with Crippen LogP contribution in [0.2, 0.25) is 0 Å². The molecule has 1 aliphatic rings. The molecule has 0 bridgehead atoms. The summed E-state index contributed by atoms with van der Waals surface area (Å²) in [6.07, 6.45) is 7.71. The second kappa shape index (κ2) is 5.07. The summed E-state index contributed by atoms with van der Waals surface area (Å²) in [7, 11) is 0. The maximum Gasteiger partial charge on any atom is 0.110 e. The Morgan fingerprint density at radius 2 is 1.76 bits per heavy atom. The lowest BCUT2D eigenvalue weighted by atomic mass is 9.88. The standard InChI is InChI=1S/C14H24N2S/c1-14(2,3)12(15)13-16-10-8-6-4-5-7-9-11(10)17-13/h12H,4-9,15H2,1-3H3. The van der Waals surface area contributed by atoms with E-state index in [9.17, 15) is 0 Å². The predicted octanol–water partition coefficient (Wildman–Crippen LogP) is 3.85. The van der Waals surface area contributed by atoms with Crippen molar-refractivity contribution in [1.29, 1.82) is 0 Å². The molecule has 17 heavy (non-hydrogen) atoms. The van der Waals surface area contributed by atoms with Crippen LogP contribution in [0.25, 0.3) is 0 Å². The molecule has 1 atom stereocenters. The van der Waals surface area contributed by atoms with Crippen molar-refractivity contribution in [2.24, 2.45) is 11.1 Å². The van der Waals surface area contributed by atoms with Crippen molar-refractivity contribution >= 4 is 11.3 Å². The van der Waals surface area contributed by atoms with E-state index in [0.29, 0.717) is 0 Å². The molecule has 2 nitrogen and oxygen atoms in total. The molecule has 1 aliphatic carbocycles. The van der Waals surface area contributed by atoms with Crippen LogP contribution in [0.15, 0.2) is 0 Å². The number of aromatic nitrogens is 1. The van der Waals surface area contributed by atoms with E-state index < -0.39 is 0 Å². The Hall–Kier alpha value is -0.410. The van der Waals surface area contributed by atoms with Crippen LogP contribution in [0.3, 0.4) is 0 Å². The molecule has 0 saturated carbocycles. The summed E-state index contributed by atoms with van der Waals surface area (Å²) in [5.41, 5.74) is 7.75. The monoisotopic (exact) mass is 252 g/mol. The first kappa shape index (κ1) is 13.0. The molecule has 0 aromatic carbocycles. The first-order valence-corrected chi connectivity index (χ1v) is 7.54. The lowest BCUT2D eigenvalue weighted by Gasteiger charge is -2.24. The maximum absolute atomic E-state index is 6.31. The molecule has 0 spiro atoms. The molecule has 1 heterocycles. The van der Waals surface area contributed by atoms with Crippen LogP contribution < -0.4 is 5.73 Å². The van der Waals surface area contributed by atoms with Gasteiger partial charge >= 0.3 is 0 Å². The Labute approximate surface area is 109 Å². The van der Waals surface area contributed by atoms with Crippen molar-refractivity contribution in [2.75, 3.05) is 0 Å². The average Bonchev–Trinajstić information content (AvgIpc) is 2.58. The summed E-state index contributed by atoms with van der Waals surface area (Å²) in [6, 6.07) is 0.0701. The van der Waals surface area contributed by atoms with Crippen LogP contribution in [0, 0.1) is 5.41 Å². The van der Waals surface area contributed by atoms with E-state index in [-0.39, 0.29) is 11.5 Å². The fraction of sp³-hybridized carbons (Fsp3) is 0.786. The molecule has 2 N–H and O–H groups in total. The average molecular weight is 252 g/mol. The fourth-order valence-corrected chi connectivity index (χ4v) is 3.63. The quantitative estimate of drug-likeness (QED) is 0.824. The zero-order valence-corrected chi connectivity index (χ0v) is 12.1. The summed E-state index contributed by atoms with van der Waals surface area (Å²) in [4.78, 5) is 6.31. The molecule has 1 aromatic heterocycles. The van der Waals surface area contributed by atoms with Crippen molar-refractivity contribution in [3.05, 3.63) is 15.6 Å². The normalized spacial score (nSPS) is 19.3. The first-order valence-electron chi connectivity index (χ1n) is 6.72. The van der Waals surface area contributed by atoms with E-state index >= 15 is 0 Å². The molecule has 1 aromatic rings. The minimum atomic E-state index is 0.0701. The van der Waals surface area contributed by atoms with Crippen molar-refractivity contribution < 1.29 is 0 Å². The van der Waals surface area contributed by atoms with Gasteiger partial charge in [-0.1, -0.05) is 33.6 Å². The topological polar surface area (TPSA) is 38.9 Å². The van der Waals surface area contributed by atoms with Gasteiger partial charge in [-0.3, -0.25) is 0 Å². The van der Waals surface area contributed by atoms with Gasteiger partial charge in [0.15, 0.2) is 0 Å². The van der Waals surface area contributed by atoms with E-state index in [4.69, 9.17) is 10.7 Å². The van der Waals surface area contributed by atoms with Crippen molar-refractivity contribution in [3.8, 4) is 0 Å². The van der Waals surface area contributed by atoms with Gasteiger partial charge < -0.3 is 5.73 Å². The molecular weight excluding hydrogens is 228 g/mol. The van der Waals surface area contributed by atoms with E-state index in [1.54, 1.807) is 0 Å². The highest BCUT2D eigenvalue weighted by molar-refractivity contribution is 7.11. The smallest absolute Gasteiger partial charge is 0.110 e. The van der Waals surface area contributed by atoms with Crippen LogP contribution >= 0.6 is 11.3 Å². The van der Waals surface area contributed by atoms with Crippen LogP contribution in [0.4, 0.5) is 0 Å². The van der Waals surface area contributed by atoms with Gasteiger partial charge in [0.1, 0.15) is 5.01 Å². The fourth-order valence-electron chi connectivity index (χ4n) is 2.23. The molecule has 1 unspecified atom stereocenters. The minimum absolute atomic E-state index is 0.0701. The maximum atomic E-state index is 6.31. The van der Waals surface area contributed by atoms with Gasteiger partial charge in [-0.15, -0.1) is 11.3 Å². The second-order valence-electron chi connectivity index (χ2n) is 6.18. The molecule has 3 heteroatoms. The number of fused-ring (bicyclic) bond motifs is 1. The van der Waals surface area contributed by atoms with E-state index in [1.807, 2.05) is 11.3 Å². The Balaban J connectivity index is 2.23. The molecule has 0 fully saturated rings. The number of hydrogen-bond acceptors (Lipinski definition) is 3. The molecular formula is C14H24N2S. The number of rotatable bonds is 1. The number of aryl methyl sites for hydroxylation is 2. The Kier molecular flexibility index (Phi) is 3.88. The van der Waals surface area contributed by atoms with Crippen LogP contribution in [-0.2, 0) is 12.8 Å². The molecule has 2 rings (SSSR count). The highest BCUT2D eigenvalue weighted by Gasteiger charge is 2.26. The zero-order chi connectivity index (χ0) is 12.5. The first-order chi connectivity index (χ1) is 7.98. The van der Waals surface area contributed by atoms with Gasteiger partial charge in [0.05, 0.1) is 11.7 Å². The lowest BCUT2D eigenvalue weighted by molar-refractivity contribution is 0.326. The molecule has 0 aliphatic heterocycles. The van der Waals surface area contributed by atoms with Gasteiger partial charge in [0, 0.05) is 4.88 Å². The number of nitrogens with zero attached hydrogens (tertiary/aromatic N) is 1. The minimum Gasteiger partial charge on any atom is -0.322 e. The summed E-state index contributed by atoms with van der Waals surface area (Å²) in [6.45, 7) is 6.57. The van der Waals surface area contributed by atoms with Crippen LogP contribution in [-0.4, -0.2) is 4.98 Å². The zero-order valence-electron chi connectivity index (χ0n) is 11.3. The third kappa shape index (κ3) is 3.08. The van der Waals surface area contributed by atoms with Gasteiger partial charge in [0.2, 0.25) is 0 Å². The van der Waals surface area contributed by atoms with Crippen LogP contribution in [0.5, 0.6) is 0 Å². The highest BCUT2D eigenvalue weighted by atomic mass is 32.1. The van der Waals surface area contributed by atoms with Crippen molar-refractivity contribution in [2.45, 2.75) is 65.3 Å². The third-order valence-electron chi connectivity index (χ3n) is 3.56. The van der Waals surface area contributed by atoms with E-state index in [0.717, 1.165) is 11.4 Å². The number of hydrogen-bond donors (Lipinski definition) is 1. The summed E-state index contributed by atoms with van der Waals surface area (Å²) < 4.78 is 0. The summed E-state index contributed by atoms with van der Waals surface area (Å²) >= 11 is 1.86. The summed E-state index contributed by atoms with van der Waals surface area (Å²) in [5.74, 6) is 0. The Morgan fingerprint density at radius 3 is 2.41 bits per heavy atom. The van der Waals surface area contributed by atoms with Crippen LogP contribution in [0.1, 0.15) is 68.1 Å². The van der Waals surface area contributed by atoms with Crippen molar-refractivity contribution in [3.63, 3.8) is 0 Å². The highest BCUT2D eigenvalue weighted by Crippen LogP contribution is 2.35. The predicted molar refractivity (Wildman–Crippen MR) is 74.4 cm³/mol. The van der Waals surface area contributed by atoms with E-state index in [1.165, 1.54) is 42.7 Å². The van der Waals surface area contributed by atoms with E-state index in [2.05, 4.69) is 20.8 Å². The SMILES string of the molecule is CC(C)(C)C(N)c1nc2c(s1)CCCCCC2. The lowest BCUT2D eigenvalue weighted by Crippen LogP contribution is -2.26. The molecule has 96 valence electrons. The molecule has 0 saturated heterocycles. The van der Waals surface area contributed by atoms with Gasteiger partial charge in [-0.05, 0) is 31.1 Å². The second-order valence-corrected chi connectivity index (χ2v) is 7.30. The van der Waals surface area contributed by atoms with Gasteiger partial charge in [-0.2, -0.15) is 0 Å². The molecule has 0 amide bonds. The largest absolute Gasteiger partial charge is 0.322 e. The summed E-state index contributed by atoms with van der Waals surface area (Å²) in [5, 5.41) is 1.14. The molecule has 0 radical (unpaired) electrons. The van der Waals surface area contributed by atoms with Gasteiger partial charge in [-0.25, -0.2) is 4.98 Å². The Bertz CT molecular complexity index is 351. The third-order valence-corrected chi connectivity index (χ3v) is 4.80.